The van der Waals surface area contributed by atoms with Crippen LogP contribution in [-0.4, -0.2) is 52.5 Å². The first-order valence-corrected chi connectivity index (χ1v) is 10.3. The first-order valence-electron chi connectivity index (χ1n) is 8.42. The Morgan fingerprint density at radius 3 is 2.53 bits per heavy atom. The lowest BCUT2D eigenvalue weighted by atomic mass is 10.2. The maximum Gasteiger partial charge on any atom is 0.278 e. The standard InChI is InChI=1S/C18H20N4O7S/c1-28-14-8-9-16(17(10-14)29-2)21(30(3,26)27)12-18(23)20-19-11-13-6-4-5-7-15(13)22(24)25/h4-11H,12H2,1-3H3,(H,20,23)/b19-11-. The molecule has 0 fully saturated rings. The number of amides is 1. The van der Waals surface area contributed by atoms with Gasteiger partial charge in [-0.3, -0.25) is 19.2 Å². The third-order valence-electron chi connectivity index (χ3n) is 3.87. The van der Waals surface area contributed by atoms with E-state index in [0.29, 0.717) is 5.75 Å². The van der Waals surface area contributed by atoms with Crippen LogP contribution in [0, 0.1) is 10.1 Å². The Hall–Kier alpha value is -3.67. The van der Waals surface area contributed by atoms with Gasteiger partial charge in [0.05, 0.1) is 42.9 Å². The normalized spacial score (nSPS) is 11.2. The van der Waals surface area contributed by atoms with Gasteiger partial charge in [-0.25, -0.2) is 13.8 Å². The molecule has 2 aromatic carbocycles. The molecule has 0 radical (unpaired) electrons. The zero-order chi connectivity index (χ0) is 22.3. The Labute approximate surface area is 173 Å². The number of hydrogen-bond acceptors (Lipinski definition) is 8. The third-order valence-corrected chi connectivity index (χ3v) is 5.00. The van der Waals surface area contributed by atoms with Gasteiger partial charge in [-0.05, 0) is 18.2 Å². The number of carbonyl (C=O) groups excluding carboxylic acids is 1. The van der Waals surface area contributed by atoms with Crippen molar-refractivity contribution >= 4 is 33.5 Å². The van der Waals surface area contributed by atoms with Gasteiger partial charge in [-0.2, -0.15) is 5.10 Å². The number of hydrogen-bond donors (Lipinski definition) is 1. The van der Waals surface area contributed by atoms with Gasteiger partial charge in [0, 0.05) is 12.1 Å². The summed E-state index contributed by atoms with van der Waals surface area (Å²) in [4.78, 5) is 22.7. The average Bonchev–Trinajstić information content (AvgIpc) is 2.71. The second-order valence-electron chi connectivity index (χ2n) is 5.92. The number of para-hydroxylation sites is 1. The van der Waals surface area contributed by atoms with Gasteiger partial charge in [0.25, 0.3) is 11.6 Å². The van der Waals surface area contributed by atoms with Crippen LogP contribution < -0.4 is 19.2 Å². The summed E-state index contributed by atoms with van der Waals surface area (Å²) in [5.41, 5.74) is 2.30. The molecule has 0 spiro atoms. The number of methoxy groups -OCH3 is 2. The lowest BCUT2D eigenvalue weighted by molar-refractivity contribution is -0.385. The number of sulfonamides is 1. The summed E-state index contributed by atoms with van der Waals surface area (Å²) < 4.78 is 35.6. The fourth-order valence-electron chi connectivity index (χ4n) is 2.47. The van der Waals surface area contributed by atoms with E-state index in [2.05, 4.69) is 10.5 Å². The van der Waals surface area contributed by atoms with E-state index in [1.165, 1.54) is 50.6 Å². The van der Waals surface area contributed by atoms with E-state index in [0.717, 1.165) is 16.8 Å². The molecule has 2 rings (SSSR count). The number of nitrogens with one attached hydrogen (secondary N) is 1. The highest BCUT2D eigenvalue weighted by molar-refractivity contribution is 7.92. The lowest BCUT2D eigenvalue weighted by Crippen LogP contribution is -2.39. The summed E-state index contributed by atoms with van der Waals surface area (Å²) in [7, 11) is -1.04. The van der Waals surface area contributed by atoms with Crippen molar-refractivity contribution in [3.05, 3.63) is 58.1 Å². The highest BCUT2D eigenvalue weighted by atomic mass is 32.2. The minimum Gasteiger partial charge on any atom is -0.497 e. The first kappa shape index (κ1) is 22.6. The Morgan fingerprint density at radius 1 is 1.23 bits per heavy atom. The van der Waals surface area contributed by atoms with Crippen LogP contribution in [0.2, 0.25) is 0 Å². The molecule has 30 heavy (non-hydrogen) atoms. The summed E-state index contributed by atoms with van der Waals surface area (Å²) in [6, 6.07) is 10.3. The maximum absolute atomic E-state index is 12.3. The van der Waals surface area contributed by atoms with Crippen molar-refractivity contribution in [3.8, 4) is 11.5 Å². The van der Waals surface area contributed by atoms with Gasteiger partial charge in [-0.15, -0.1) is 0 Å². The van der Waals surface area contributed by atoms with E-state index >= 15 is 0 Å². The van der Waals surface area contributed by atoms with Crippen LogP contribution >= 0.6 is 0 Å². The Morgan fingerprint density at radius 2 is 1.93 bits per heavy atom. The molecule has 0 bridgehead atoms. The third kappa shape index (κ3) is 5.67. The fourth-order valence-corrected chi connectivity index (χ4v) is 3.33. The maximum atomic E-state index is 12.3. The predicted octanol–water partition coefficient (Wildman–Crippen LogP) is 1.53. The van der Waals surface area contributed by atoms with Gasteiger partial charge in [0.2, 0.25) is 10.0 Å². The number of benzene rings is 2. The Kier molecular flexibility index (Phi) is 7.31. The molecule has 0 unspecified atom stereocenters. The number of nitro benzene ring substituents is 1. The fraction of sp³-hybridized carbons (Fsp3) is 0.222. The minimum absolute atomic E-state index is 0.138. The van der Waals surface area contributed by atoms with Crippen molar-refractivity contribution in [2.75, 3.05) is 31.3 Å². The summed E-state index contributed by atoms with van der Waals surface area (Å²) >= 11 is 0. The second kappa shape index (κ2) is 9.69. The van der Waals surface area contributed by atoms with Gasteiger partial charge >= 0.3 is 0 Å². The topological polar surface area (TPSA) is 140 Å². The minimum atomic E-state index is -3.85. The highest BCUT2D eigenvalue weighted by Gasteiger charge is 2.24. The number of ether oxygens (including phenoxy) is 2. The van der Waals surface area contributed by atoms with Crippen molar-refractivity contribution in [2.24, 2.45) is 5.10 Å². The number of carbonyl (C=O) groups is 1. The quantitative estimate of drug-likeness (QED) is 0.357. The van der Waals surface area contributed by atoms with Crippen molar-refractivity contribution < 1.29 is 27.6 Å². The zero-order valence-electron chi connectivity index (χ0n) is 16.4. The summed E-state index contributed by atoms with van der Waals surface area (Å²) in [5.74, 6) is -0.119. The molecule has 0 saturated carbocycles. The van der Waals surface area contributed by atoms with Gasteiger partial charge in [0.15, 0.2) is 0 Å². The van der Waals surface area contributed by atoms with E-state index in [9.17, 15) is 23.3 Å². The molecule has 11 nitrogen and oxygen atoms in total. The van der Waals surface area contributed by atoms with E-state index in [1.807, 2.05) is 0 Å². The first-order chi connectivity index (χ1) is 14.2. The Bertz CT molecular complexity index is 1070. The van der Waals surface area contributed by atoms with E-state index in [4.69, 9.17) is 9.47 Å². The molecule has 0 aliphatic carbocycles. The monoisotopic (exact) mass is 436 g/mol. The molecular weight excluding hydrogens is 416 g/mol. The number of nitrogens with zero attached hydrogens (tertiary/aromatic N) is 3. The van der Waals surface area contributed by atoms with Crippen molar-refractivity contribution in [1.29, 1.82) is 0 Å². The van der Waals surface area contributed by atoms with Gasteiger partial charge in [-0.1, -0.05) is 12.1 Å². The van der Waals surface area contributed by atoms with E-state index in [-0.39, 0.29) is 22.7 Å². The van der Waals surface area contributed by atoms with Crippen LogP contribution in [0.1, 0.15) is 5.56 Å². The molecule has 0 heterocycles. The van der Waals surface area contributed by atoms with E-state index in [1.54, 1.807) is 6.07 Å². The molecule has 2 aromatic rings. The Balaban J connectivity index is 2.21. The smallest absolute Gasteiger partial charge is 0.278 e. The average molecular weight is 436 g/mol. The number of hydrazone groups is 1. The largest absolute Gasteiger partial charge is 0.497 e. The van der Waals surface area contributed by atoms with Crippen LogP contribution in [0.3, 0.4) is 0 Å². The molecule has 12 heteroatoms. The van der Waals surface area contributed by atoms with Crippen LogP contribution in [0.25, 0.3) is 0 Å². The SMILES string of the molecule is COc1ccc(N(CC(=O)N/N=C\c2ccccc2[N+](=O)[O-])S(C)(=O)=O)c(OC)c1. The molecule has 0 saturated heterocycles. The lowest BCUT2D eigenvalue weighted by Gasteiger charge is -2.23. The summed E-state index contributed by atoms with van der Waals surface area (Å²) in [6.07, 6.45) is 2.05. The summed E-state index contributed by atoms with van der Waals surface area (Å²) in [6.45, 7) is -0.588. The van der Waals surface area contributed by atoms with Crippen molar-refractivity contribution in [2.45, 2.75) is 0 Å². The van der Waals surface area contributed by atoms with Crippen LogP contribution in [-0.2, 0) is 14.8 Å². The number of nitro groups is 1. The molecule has 0 aliphatic heterocycles. The van der Waals surface area contributed by atoms with Gasteiger partial charge in [0.1, 0.15) is 18.0 Å². The second-order valence-corrected chi connectivity index (χ2v) is 7.82. The molecule has 1 amide bonds. The zero-order valence-corrected chi connectivity index (χ0v) is 17.3. The molecule has 0 atom stereocenters. The number of anilines is 1. The van der Waals surface area contributed by atoms with Crippen molar-refractivity contribution in [3.63, 3.8) is 0 Å². The predicted molar refractivity (Wildman–Crippen MR) is 111 cm³/mol. The highest BCUT2D eigenvalue weighted by Crippen LogP contribution is 2.33. The van der Waals surface area contributed by atoms with Crippen LogP contribution in [0.5, 0.6) is 11.5 Å². The van der Waals surface area contributed by atoms with E-state index < -0.39 is 27.4 Å². The van der Waals surface area contributed by atoms with Gasteiger partial charge < -0.3 is 9.47 Å². The van der Waals surface area contributed by atoms with Crippen LogP contribution in [0.15, 0.2) is 47.6 Å². The number of rotatable bonds is 9. The molecule has 1 N–H and O–H groups in total. The summed E-state index contributed by atoms with van der Waals surface area (Å²) in [5, 5.41) is 14.7. The molecule has 0 aromatic heterocycles. The molecule has 160 valence electrons. The molecule has 0 aliphatic rings. The van der Waals surface area contributed by atoms with Crippen LogP contribution in [0.4, 0.5) is 11.4 Å². The van der Waals surface area contributed by atoms with Crippen molar-refractivity contribution in [1.82, 2.24) is 5.43 Å². The molecular formula is C18H20N4O7S.